The lowest BCUT2D eigenvalue weighted by atomic mass is 10.0. The van der Waals surface area contributed by atoms with Gasteiger partial charge >= 0.3 is 0 Å². The minimum absolute atomic E-state index is 0.257. The third kappa shape index (κ3) is 3.84. The molecule has 0 aliphatic rings. The molecule has 20 heavy (non-hydrogen) atoms. The lowest BCUT2D eigenvalue weighted by molar-refractivity contribution is 0.488. The molecule has 108 valence electrons. The van der Waals surface area contributed by atoms with Gasteiger partial charge in [-0.15, -0.1) is 11.3 Å². The average molecular weight is 296 g/mol. The quantitative estimate of drug-likeness (QED) is 0.871. The first-order chi connectivity index (χ1) is 9.60. The van der Waals surface area contributed by atoms with Crippen molar-refractivity contribution in [3.8, 4) is 0 Å². The van der Waals surface area contributed by atoms with Crippen LogP contribution in [-0.4, -0.2) is 11.5 Å². The molecular formula is C15H18F2N2S. The molecule has 5 heteroatoms. The first kappa shape index (κ1) is 15.1. The maximum Gasteiger partial charge on any atom is 0.128 e. The number of halogens is 2. The topological polar surface area (TPSA) is 24.9 Å². The van der Waals surface area contributed by atoms with Gasteiger partial charge in [-0.3, -0.25) is 0 Å². The second-order valence-electron chi connectivity index (χ2n) is 4.73. The van der Waals surface area contributed by atoms with Gasteiger partial charge in [0.05, 0.1) is 10.7 Å². The van der Waals surface area contributed by atoms with Crippen molar-refractivity contribution in [2.75, 3.05) is 6.54 Å². The number of rotatable bonds is 6. The zero-order chi connectivity index (χ0) is 14.5. The molecule has 1 atom stereocenters. The Morgan fingerprint density at radius 1 is 1.35 bits per heavy atom. The van der Waals surface area contributed by atoms with E-state index in [1.807, 2.05) is 19.2 Å². The number of aryl methyl sites for hydroxylation is 1. The molecule has 0 saturated heterocycles. The standard InChI is InChI=1S/C15H18F2N2S/c1-3-6-18-15(8-12-9-20-10(2)19-12)13-7-11(16)4-5-14(13)17/h4-5,7,9,15,18H,3,6,8H2,1-2H3. The Hall–Kier alpha value is -1.33. The second-order valence-corrected chi connectivity index (χ2v) is 5.80. The summed E-state index contributed by atoms with van der Waals surface area (Å²) >= 11 is 1.57. The number of benzene rings is 1. The fraction of sp³-hybridized carbons (Fsp3) is 0.400. The SMILES string of the molecule is CCCNC(Cc1csc(C)n1)c1cc(F)ccc1F. The highest BCUT2D eigenvalue weighted by atomic mass is 32.1. The number of aromatic nitrogens is 1. The Bertz CT molecular complexity index is 569. The van der Waals surface area contributed by atoms with Crippen LogP contribution >= 0.6 is 11.3 Å². The molecule has 2 rings (SSSR count). The van der Waals surface area contributed by atoms with Crippen LogP contribution in [0.15, 0.2) is 23.6 Å². The maximum absolute atomic E-state index is 13.9. The summed E-state index contributed by atoms with van der Waals surface area (Å²) in [4.78, 5) is 4.40. The molecule has 0 amide bonds. The third-order valence-corrected chi connectivity index (χ3v) is 3.88. The van der Waals surface area contributed by atoms with Crippen LogP contribution in [0.4, 0.5) is 8.78 Å². The van der Waals surface area contributed by atoms with Crippen molar-refractivity contribution in [1.82, 2.24) is 10.3 Å². The van der Waals surface area contributed by atoms with Gasteiger partial charge in [0.15, 0.2) is 0 Å². The van der Waals surface area contributed by atoms with Gasteiger partial charge in [0.2, 0.25) is 0 Å². The summed E-state index contributed by atoms with van der Waals surface area (Å²) in [7, 11) is 0. The van der Waals surface area contributed by atoms with Crippen molar-refractivity contribution in [2.45, 2.75) is 32.7 Å². The van der Waals surface area contributed by atoms with Gasteiger partial charge < -0.3 is 5.32 Å². The lowest BCUT2D eigenvalue weighted by Gasteiger charge is -2.19. The molecule has 0 spiro atoms. The van der Waals surface area contributed by atoms with Gasteiger partial charge in [0.25, 0.3) is 0 Å². The summed E-state index contributed by atoms with van der Waals surface area (Å²) in [5, 5.41) is 6.22. The molecule has 1 N–H and O–H groups in total. The normalized spacial score (nSPS) is 12.6. The van der Waals surface area contributed by atoms with E-state index in [9.17, 15) is 8.78 Å². The van der Waals surface area contributed by atoms with Crippen LogP contribution in [0.2, 0.25) is 0 Å². The Morgan fingerprint density at radius 3 is 2.80 bits per heavy atom. The van der Waals surface area contributed by atoms with Crippen molar-refractivity contribution in [1.29, 1.82) is 0 Å². The Balaban J connectivity index is 2.24. The van der Waals surface area contributed by atoms with E-state index < -0.39 is 5.82 Å². The predicted octanol–water partition coefficient (Wildman–Crippen LogP) is 4.01. The number of hydrogen-bond acceptors (Lipinski definition) is 3. The van der Waals surface area contributed by atoms with E-state index in [0.29, 0.717) is 12.0 Å². The smallest absolute Gasteiger partial charge is 0.128 e. The van der Waals surface area contributed by atoms with Crippen LogP contribution in [-0.2, 0) is 6.42 Å². The van der Waals surface area contributed by atoms with Gasteiger partial charge in [-0.1, -0.05) is 6.92 Å². The molecule has 0 saturated carbocycles. The zero-order valence-corrected chi connectivity index (χ0v) is 12.4. The summed E-state index contributed by atoms with van der Waals surface area (Å²) in [6.45, 7) is 4.73. The number of hydrogen-bond donors (Lipinski definition) is 1. The average Bonchev–Trinajstić information content (AvgIpc) is 2.83. The Kier molecular flexibility index (Phi) is 5.20. The van der Waals surface area contributed by atoms with E-state index in [4.69, 9.17) is 0 Å². The predicted molar refractivity (Wildman–Crippen MR) is 77.9 cm³/mol. The molecule has 1 heterocycles. The minimum atomic E-state index is -0.417. The molecule has 2 aromatic rings. The van der Waals surface area contributed by atoms with Gasteiger partial charge in [0, 0.05) is 23.4 Å². The first-order valence-corrected chi connectivity index (χ1v) is 7.57. The fourth-order valence-corrected chi connectivity index (χ4v) is 2.73. The minimum Gasteiger partial charge on any atom is -0.310 e. The Morgan fingerprint density at radius 2 is 2.15 bits per heavy atom. The molecule has 1 aromatic carbocycles. The summed E-state index contributed by atoms with van der Waals surface area (Å²) in [5.74, 6) is -0.800. The third-order valence-electron chi connectivity index (χ3n) is 3.05. The number of nitrogens with zero attached hydrogens (tertiary/aromatic N) is 1. The van der Waals surface area contributed by atoms with E-state index in [-0.39, 0.29) is 11.9 Å². The molecule has 0 radical (unpaired) electrons. The largest absolute Gasteiger partial charge is 0.310 e. The molecular weight excluding hydrogens is 278 g/mol. The highest BCUT2D eigenvalue weighted by Gasteiger charge is 2.17. The molecule has 1 unspecified atom stereocenters. The van der Waals surface area contributed by atoms with Crippen molar-refractivity contribution in [2.24, 2.45) is 0 Å². The van der Waals surface area contributed by atoms with E-state index in [1.165, 1.54) is 12.1 Å². The molecule has 0 aliphatic heterocycles. The maximum atomic E-state index is 13.9. The Labute approximate surface area is 121 Å². The monoisotopic (exact) mass is 296 g/mol. The van der Waals surface area contributed by atoms with Gasteiger partial charge in [-0.25, -0.2) is 13.8 Å². The molecule has 0 fully saturated rings. The van der Waals surface area contributed by atoms with Gasteiger partial charge in [0.1, 0.15) is 11.6 Å². The van der Waals surface area contributed by atoms with Crippen LogP contribution < -0.4 is 5.32 Å². The second kappa shape index (κ2) is 6.90. The van der Waals surface area contributed by atoms with Gasteiger partial charge in [-0.2, -0.15) is 0 Å². The highest BCUT2D eigenvalue weighted by Crippen LogP contribution is 2.23. The lowest BCUT2D eigenvalue weighted by Crippen LogP contribution is -2.25. The van der Waals surface area contributed by atoms with E-state index in [1.54, 1.807) is 11.3 Å². The first-order valence-electron chi connectivity index (χ1n) is 6.69. The van der Waals surface area contributed by atoms with E-state index in [2.05, 4.69) is 10.3 Å². The van der Waals surface area contributed by atoms with E-state index in [0.717, 1.165) is 29.7 Å². The summed E-state index contributed by atoms with van der Waals surface area (Å²) in [5.41, 5.74) is 1.27. The van der Waals surface area contributed by atoms with Crippen molar-refractivity contribution in [3.63, 3.8) is 0 Å². The number of nitrogens with one attached hydrogen (secondary N) is 1. The molecule has 0 bridgehead atoms. The van der Waals surface area contributed by atoms with Crippen LogP contribution in [0.1, 0.15) is 35.7 Å². The van der Waals surface area contributed by atoms with Crippen molar-refractivity contribution in [3.05, 3.63) is 51.5 Å². The summed E-state index contributed by atoms with van der Waals surface area (Å²) in [6.07, 6.45) is 1.49. The molecule has 0 aliphatic carbocycles. The number of thiazole rings is 1. The summed E-state index contributed by atoms with van der Waals surface area (Å²) < 4.78 is 27.3. The molecule has 1 aromatic heterocycles. The molecule has 2 nitrogen and oxygen atoms in total. The summed E-state index contributed by atoms with van der Waals surface area (Å²) in [6, 6.07) is 3.33. The van der Waals surface area contributed by atoms with Crippen LogP contribution in [0, 0.1) is 18.6 Å². The van der Waals surface area contributed by atoms with Crippen molar-refractivity contribution >= 4 is 11.3 Å². The highest BCUT2D eigenvalue weighted by molar-refractivity contribution is 7.09. The fourth-order valence-electron chi connectivity index (χ4n) is 2.10. The zero-order valence-electron chi connectivity index (χ0n) is 11.6. The van der Waals surface area contributed by atoms with Gasteiger partial charge in [-0.05, 0) is 38.1 Å². The van der Waals surface area contributed by atoms with Crippen LogP contribution in [0.3, 0.4) is 0 Å². The van der Waals surface area contributed by atoms with Crippen LogP contribution in [0.5, 0.6) is 0 Å². The van der Waals surface area contributed by atoms with E-state index >= 15 is 0 Å². The van der Waals surface area contributed by atoms with Crippen molar-refractivity contribution < 1.29 is 8.78 Å². The van der Waals surface area contributed by atoms with Crippen LogP contribution in [0.25, 0.3) is 0 Å².